The normalized spacial score (nSPS) is 10.9. The zero-order chi connectivity index (χ0) is 11.8. The van der Waals surface area contributed by atoms with Crippen LogP contribution in [0, 0.1) is 5.82 Å². The average molecular weight is 292 g/mol. The molecule has 2 nitrogen and oxygen atoms in total. The molecule has 0 radical (unpaired) electrons. The summed E-state index contributed by atoms with van der Waals surface area (Å²) in [5.74, 6) is 0.228. The van der Waals surface area contributed by atoms with E-state index in [1.54, 1.807) is 12.1 Å². The third kappa shape index (κ3) is 1.96. The molecule has 2 aromatic carbocycles. The van der Waals surface area contributed by atoms with E-state index >= 15 is 0 Å². The Morgan fingerprint density at radius 1 is 1.06 bits per heavy atom. The molecule has 0 spiro atoms. The van der Waals surface area contributed by atoms with Crippen LogP contribution in [0.15, 0.2) is 51.4 Å². The lowest BCUT2D eigenvalue weighted by molar-refractivity contribution is 0.616. The molecule has 3 aromatic rings. The molecule has 84 valence electrons. The minimum Gasteiger partial charge on any atom is -0.436 e. The molecule has 0 N–H and O–H groups in total. The second-order valence-electron chi connectivity index (χ2n) is 3.64. The van der Waals surface area contributed by atoms with Crippen LogP contribution in [-0.2, 0) is 0 Å². The van der Waals surface area contributed by atoms with Crippen LogP contribution in [0.1, 0.15) is 0 Å². The second-order valence-corrected chi connectivity index (χ2v) is 4.55. The highest BCUT2D eigenvalue weighted by molar-refractivity contribution is 9.10. The van der Waals surface area contributed by atoms with Crippen molar-refractivity contribution in [3.63, 3.8) is 0 Å². The van der Waals surface area contributed by atoms with Gasteiger partial charge in [-0.3, -0.25) is 0 Å². The summed E-state index contributed by atoms with van der Waals surface area (Å²) in [6, 6.07) is 11.7. The van der Waals surface area contributed by atoms with Gasteiger partial charge in [0, 0.05) is 10.0 Å². The van der Waals surface area contributed by atoms with Crippen molar-refractivity contribution in [3.8, 4) is 11.5 Å². The fourth-order valence-corrected chi connectivity index (χ4v) is 1.95. The third-order valence-corrected chi connectivity index (χ3v) is 2.93. The Kier molecular flexibility index (Phi) is 2.44. The highest BCUT2D eigenvalue weighted by atomic mass is 79.9. The summed E-state index contributed by atoms with van der Waals surface area (Å²) < 4.78 is 19.4. The van der Waals surface area contributed by atoms with E-state index in [4.69, 9.17) is 4.42 Å². The minimum absolute atomic E-state index is 0.271. The van der Waals surface area contributed by atoms with Gasteiger partial charge in [0.15, 0.2) is 5.58 Å². The molecule has 3 rings (SSSR count). The smallest absolute Gasteiger partial charge is 0.227 e. The van der Waals surface area contributed by atoms with Gasteiger partial charge in [0.25, 0.3) is 0 Å². The van der Waals surface area contributed by atoms with Crippen LogP contribution in [0.25, 0.3) is 22.6 Å². The Bertz CT molecular complexity index is 675. The molecule has 0 bridgehead atoms. The van der Waals surface area contributed by atoms with E-state index in [2.05, 4.69) is 20.9 Å². The number of hydrogen-bond donors (Lipinski definition) is 0. The first-order valence-corrected chi connectivity index (χ1v) is 5.84. The highest BCUT2D eigenvalue weighted by Gasteiger charge is 2.08. The van der Waals surface area contributed by atoms with Gasteiger partial charge in [-0.25, -0.2) is 9.37 Å². The quantitative estimate of drug-likeness (QED) is 0.664. The fraction of sp³-hybridized carbons (Fsp3) is 0. The molecular weight excluding hydrogens is 285 g/mol. The van der Waals surface area contributed by atoms with Gasteiger partial charge in [-0.15, -0.1) is 0 Å². The average Bonchev–Trinajstić information content (AvgIpc) is 2.72. The van der Waals surface area contributed by atoms with Crippen molar-refractivity contribution in [3.05, 3.63) is 52.8 Å². The largest absolute Gasteiger partial charge is 0.436 e. The predicted octanol–water partition coefficient (Wildman–Crippen LogP) is 4.40. The molecular formula is C13H7BrFNO. The maximum Gasteiger partial charge on any atom is 0.227 e. The maximum absolute atomic E-state index is 12.8. The Morgan fingerprint density at radius 2 is 1.82 bits per heavy atom. The number of rotatable bonds is 1. The Balaban J connectivity index is 2.14. The zero-order valence-corrected chi connectivity index (χ0v) is 10.2. The molecule has 0 saturated carbocycles. The van der Waals surface area contributed by atoms with Crippen LogP contribution >= 0.6 is 15.9 Å². The lowest BCUT2D eigenvalue weighted by Gasteiger charge is -1.93. The van der Waals surface area contributed by atoms with E-state index < -0.39 is 0 Å². The molecule has 0 aliphatic heterocycles. The molecule has 0 atom stereocenters. The SMILES string of the molecule is Fc1ccc(-c2nc3ccc(Br)cc3o2)cc1. The van der Waals surface area contributed by atoms with Crippen LogP contribution < -0.4 is 0 Å². The Hall–Kier alpha value is -1.68. The van der Waals surface area contributed by atoms with Crippen molar-refractivity contribution in [1.29, 1.82) is 0 Å². The molecule has 0 aliphatic rings. The molecule has 1 heterocycles. The second kappa shape index (κ2) is 3.96. The number of oxazole rings is 1. The summed E-state index contributed by atoms with van der Waals surface area (Å²) in [6.07, 6.45) is 0. The molecule has 4 heteroatoms. The van der Waals surface area contributed by atoms with Crippen molar-refractivity contribution >= 4 is 27.0 Å². The predicted molar refractivity (Wildman–Crippen MR) is 67.1 cm³/mol. The fourth-order valence-electron chi connectivity index (χ4n) is 1.61. The van der Waals surface area contributed by atoms with Gasteiger partial charge in [-0.05, 0) is 42.5 Å². The first-order valence-electron chi connectivity index (χ1n) is 5.04. The van der Waals surface area contributed by atoms with Crippen molar-refractivity contribution in [2.24, 2.45) is 0 Å². The van der Waals surface area contributed by atoms with E-state index in [-0.39, 0.29) is 5.82 Å². The maximum atomic E-state index is 12.8. The van der Waals surface area contributed by atoms with Crippen molar-refractivity contribution in [2.75, 3.05) is 0 Å². The summed E-state index contributed by atoms with van der Waals surface area (Å²) in [5.41, 5.74) is 2.25. The number of halogens is 2. The Morgan fingerprint density at radius 3 is 2.59 bits per heavy atom. The van der Waals surface area contributed by atoms with Gasteiger partial charge in [-0.2, -0.15) is 0 Å². The van der Waals surface area contributed by atoms with E-state index in [1.165, 1.54) is 12.1 Å². The molecule has 17 heavy (non-hydrogen) atoms. The molecule has 0 fully saturated rings. The number of aromatic nitrogens is 1. The van der Waals surface area contributed by atoms with Crippen LogP contribution in [0.4, 0.5) is 4.39 Å². The highest BCUT2D eigenvalue weighted by Crippen LogP contribution is 2.26. The van der Waals surface area contributed by atoms with Gasteiger partial charge in [-0.1, -0.05) is 15.9 Å². The summed E-state index contributed by atoms with van der Waals surface area (Å²) in [5, 5.41) is 0. The summed E-state index contributed by atoms with van der Waals surface area (Å²) in [6.45, 7) is 0. The first-order chi connectivity index (χ1) is 8.22. The monoisotopic (exact) mass is 291 g/mol. The van der Waals surface area contributed by atoms with Gasteiger partial charge >= 0.3 is 0 Å². The topological polar surface area (TPSA) is 26.0 Å². The van der Waals surface area contributed by atoms with Gasteiger partial charge in [0.2, 0.25) is 5.89 Å². The van der Waals surface area contributed by atoms with Crippen LogP contribution in [0.2, 0.25) is 0 Å². The van der Waals surface area contributed by atoms with Crippen molar-refractivity contribution in [1.82, 2.24) is 4.98 Å². The molecule has 0 unspecified atom stereocenters. The number of fused-ring (bicyclic) bond motifs is 1. The molecule has 0 amide bonds. The third-order valence-electron chi connectivity index (χ3n) is 2.44. The summed E-state index contributed by atoms with van der Waals surface area (Å²) in [7, 11) is 0. The van der Waals surface area contributed by atoms with Gasteiger partial charge in [0.05, 0.1) is 0 Å². The van der Waals surface area contributed by atoms with Crippen LogP contribution in [0.3, 0.4) is 0 Å². The van der Waals surface area contributed by atoms with Crippen LogP contribution in [-0.4, -0.2) is 4.98 Å². The summed E-state index contributed by atoms with van der Waals surface area (Å²) in [4.78, 5) is 4.34. The van der Waals surface area contributed by atoms with Gasteiger partial charge < -0.3 is 4.42 Å². The Labute approximate surface area is 105 Å². The standard InChI is InChI=1S/C13H7BrFNO/c14-9-3-6-11-12(7-9)17-13(16-11)8-1-4-10(15)5-2-8/h1-7H. The first kappa shape index (κ1) is 10.5. The minimum atomic E-state index is -0.271. The van der Waals surface area contributed by atoms with E-state index in [1.807, 2.05) is 18.2 Å². The van der Waals surface area contributed by atoms with E-state index in [9.17, 15) is 4.39 Å². The molecule has 0 saturated heterocycles. The van der Waals surface area contributed by atoms with E-state index in [0.29, 0.717) is 11.5 Å². The van der Waals surface area contributed by atoms with E-state index in [0.717, 1.165) is 15.6 Å². The molecule has 1 aromatic heterocycles. The lowest BCUT2D eigenvalue weighted by Crippen LogP contribution is -1.77. The lowest BCUT2D eigenvalue weighted by atomic mass is 10.2. The zero-order valence-electron chi connectivity index (χ0n) is 8.65. The number of benzene rings is 2. The van der Waals surface area contributed by atoms with Crippen molar-refractivity contribution < 1.29 is 8.81 Å². The van der Waals surface area contributed by atoms with Crippen molar-refractivity contribution in [2.45, 2.75) is 0 Å². The van der Waals surface area contributed by atoms with Crippen LogP contribution in [0.5, 0.6) is 0 Å². The summed E-state index contributed by atoms with van der Waals surface area (Å²) >= 11 is 3.37. The number of nitrogens with zero attached hydrogens (tertiary/aromatic N) is 1. The molecule has 0 aliphatic carbocycles. The van der Waals surface area contributed by atoms with Gasteiger partial charge in [0.1, 0.15) is 11.3 Å². The number of hydrogen-bond acceptors (Lipinski definition) is 2.